The van der Waals surface area contributed by atoms with Crippen LogP contribution in [0.25, 0.3) is 0 Å². The Labute approximate surface area is 95.6 Å². The predicted octanol–water partition coefficient (Wildman–Crippen LogP) is 0.435. The summed E-state index contributed by atoms with van der Waals surface area (Å²) < 4.78 is 0. The van der Waals surface area contributed by atoms with E-state index in [0.29, 0.717) is 25.3 Å². The average Bonchev–Trinajstić information content (AvgIpc) is 2.63. The Morgan fingerprint density at radius 1 is 1.50 bits per heavy atom. The van der Waals surface area contributed by atoms with Crippen LogP contribution in [0.2, 0.25) is 0 Å². The number of carboxylic acid groups (broad SMARTS) is 1. The van der Waals surface area contributed by atoms with Gasteiger partial charge in [0, 0.05) is 6.54 Å². The van der Waals surface area contributed by atoms with Crippen molar-refractivity contribution in [2.45, 2.75) is 45.2 Å². The van der Waals surface area contributed by atoms with Crippen LogP contribution in [0.4, 0.5) is 0 Å². The number of likely N-dealkylation sites (tertiary alicyclic amines) is 1. The molecule has 1 saturated heterocycles. The third-order valence-corrected chi connectivity index (χ3v) is 2.86. The van der Waals surface area contributed by atoms with E-state index in [1.807, 2.05) is 13.8 Å². The van der Waals surface area contributed by atoms with Crippen molar-refractivity contribution in [1.29, 1.82) is 0 Å². The lowest BCUT2D eigenvalue weighted by Crippen LogP contribution is -2.48. The lowest BCUT2D eigenvalue weighted by atomic mass is 10.0. The molecule has 1 rings (SSSR count). The molecule has 5 heteroatoms. The fraction of sp³-hybridized carbons (Fsp3) is 0.818. The number of hydrogen-bond acceptors (Lipinski definition) is 3. The van der Waals surface area contributed by atoms with Gasteiger partial charge in [-0.3, -0.25) is 4.79 Å². The van der Waals surface area contributed by atoms with Crippen molar-refractivity contribution in [2.75, 3.05) is 6.54 Å². The Kier molecular flexibility index (Phi) is 4.29. The molecule has 1 fully saturated rings. The number of carboxylic acids is 1. The quantitative estimate of drug-likeness (QED) is 0.731. The van der Waals surface area contributed by atoms with E-state index < -0.39 is 18.1 Å². The number of amides is 1. The Hall–Kier alpha value is -1.10. The fourth-order valence-electron chi connectivity index (χ4n) is 2.11. The summed E-state index contributed by atoms with van der Waals surface area (Å²) in [5.41, 5.74) is 5.78. The lowest BCUT2D eigenvalue weighted by molar-refractivity contribution is -0.148. The maximum absolute atomic E-state index is 11.9. The van der Waals surface area contributed by atoms with Crippen LogP contribution in [0.5, 0.6) is 0 Å². The second-order valence-corrected chi connectivity index (χ2v) is 4.76. The van der Waals surface area contributed by atoms with Crippen molar-refractivity contribution in [3.8, 4) is 0 Å². The minimum Gasteiger partial charge on any atom is -0.480 e. The Morgan fingerprint density at radius 2 is 2.12 bits per heavy atom. The number of carbonyl (C=O) groups excluding carboxylic acids is 1. The number of nitrogens with zero attached hydrogens (tertiary/aromatic N) is 1. The number of rotatable bonds is 4. The largest absolute Gasteiger partial charge is 0.480 e. The first-order valence-corrected chi connectivity index (χ1v) is 5.72. The molecule has 1 aliphatic rings. The van der Waals surface area contributed by atoms with Crippen molar-refractivity contribution in [1.82, 2.24) is 4.90 Å². The van der Waals surface area contributed by atoms with E-state index in [-0.39, 0.29) is 5.91 Å². The van der Waals surface area contributed by atoms with E-state index >= 15 is 0 Å². The summed E-state index contributed by atoms with van der Waals surface area (Å²) in [4.78, 5) is 24.3. The molecule has 0 aliphatic carbocycles. The SMILES string of the molecule is CC(C)CC(N)C(=O)N1CCC[C@@H]1C(=O)O. The number of carbonyl (C=O) groups is 2. The molecule has 0 aromatic carbocycles. The molecule has 1 heterocycles. The van der Waals surface area contributed by atoms with Gasteiger partial charge in [-0.2, -0.15) is 0 Å². The molecule has 3 N–H and O–H groups in total. The zero-order chi connectivity index (χ0) is 12.3. The summed E-state index contributed by atoms with van der Waals surface area (Å²) in [5, 5.41) is 8.96. The first kappa shape index (κ1) is 13.0. The Bertz CT molecular complexity index is 278. The molecule has 1 amide bonds. The van der Waals surface area contributed by atoms with Crippen LogP contribution in [0, 0.1) is 5.92 Å². The zero-order valence-electron chi connectivity index (χ0n) is 9.85. The molecule has 0 radical (unpaired) electrons. The van der Waals surface area contributed by atoms with Gasteiger partial charge in [-0.05, 0) is 25.2 Å². The second-order valence-electron chi connectivity index (χ2n) is 4.76. The maximum Gasteiger partial charge on any atom is 0.326 e. The predicted molar refractivity (Wildman–Crippen MR) is 59.8 cm³/mol. The van der Waals surface area contributed by atoms with Crippen LogP contribution < -0.4 is 5.73 Å². The minimum atomic E-state index is -0.928. The summed E-state index contributed by atoms with van der Waals surface area (Å²) in [6.45, 7) is 4.50. The van der Waals surface area contributed by atoms with Crippen molar-refractivity contribution < 1.29 is 14.7 Å². The number of nitrogens with two attached hydrogens (primary N) is 1. The first-order valence-electron chi connectivity index (χ1n) is 5.72. The zero-order valence-corrected chi connectivity index (χ0v) is 9.85. The van der Waals surface area contributed by atoms with Crippen molar-refractivity contribution in [3.63, 3.8) is 0 Å². The molecule has 0 aromatic heterocycles. The normalized spacial score (nSPS) is 22.5. The number of hydrogen-bond donors (Lipinski definition) is 2. The van der Waals surface area contributed by atoms with Gasteiger partial charge in [-0.15, -0.1) is 0 Å². The molecule has 0 saturated carbocycles. The van der Waals surface area contributed by atoms with Gasteiger partial charge >= 0.3 is 5.97 Å². The summed E-state index contributed by atoms with van der Waals surface area (Å²) >= 11 is 0. The molecule has 2 atom stereocenters. The second kappa shape index (κ2) is 5.30. The molecular formula is C11H20N2O3. The van der Waals surface area contributed by atoms with Crippen molar-refractivity contribution in [3.05, 3.63) is 0 Å². The Balaban J connectivity index is 2.62. The van der Waals surface area contributed by atoms with Gasteiger partial charge in [0.05, 0.1) is 6.04 Å². The van der Waals surface area contributed by atoms with Gasteiger partial charge in [0.25, 0.3) is 0 Å². The number of aliphatic carboxylic acids is 1. The molecular weight excluding hydrogens is 208 g/mol. The molecule has 1 aliphatic heterocycles. The van der Waals surface area contributed by atoms with E-state index in [4.69, 9.17) is 10.8 Å². The van der Waals surface area contributed by atoms with Gasteiger partial charge in [0.2, 0.25) is 5.91 Å². The van der Waals surface area contributed by atoms with E-state index in [1.54, 1.807) is 0 Å². The fourth-order valence-corrected chi connectivity index (χ4v) is 2.11. The van der Waals surface area contributed by atoms with Gasteiger partial charge in [0.15, 0.2) is 0 Å². The topological polar surface area (TPSA) is 83.6 Å². The third kappa shape index (κ3) is 2.95. The highest BCUT2D eigenvalue weighted by atomic mass is 16.4. The van der Waals surface area contributed by atoms with Crippen LogP contribution in [-0.4, -0.2) is 40.5 Å². The van der Waals surface area contributed by atoms with Crippen LogP contribution in [0.15, 0.2) is 0 Å². The van der Waals surface area contributed by atoms with Gasteiger partial charge in [0.1, 0.15) is 6.04 Å². The first-order chi connectivity index (χ1) is 7.43. The molecule has 92 valence electrons. The van der Waals surface area contributed by atoms with Crippen LogP contribution in [-0.2, 0) is 9.59 Å². The van der Waals surface area contributed by atoms with Crippen molar-refractivity contribution >= 4 is 11.9 Å². The molecule has 0 bridgehead atoms. The maximum atomic E-state index is 11.9. The molecule has 5 nitrogen and oxygen atoms in total. The van der Waals surface area contributed by atoms with Crippen LogP contribution in [0.3, 0.4) is 0 Å². The summed E-state index contributed by atoms with van der Waals surface area (Å²) in [6, 6.07) is -1.24. The van der Waals surface area contributed by atoms with Gasteiger partial charge in [-0.25, -0.2) is 4.79 Å². The van der Waals surface area contributed by atoms with E-state index in [0.717, 1.165) is 6.42 Å². The summed E-state index contributed by atoms with van der Waals surface area (Å²) in [6.07, 6.45) is 1.88. The molecule has 16 heavy (non-hydrogen) atoms. The van der Waals surface area contributed by atoms with E-state index in [1.165, 1.54) is 4.90 Å². The molecule has 1 unspecified atom stereocenters. The monoisotopic (exact) mass is 228 g/mol. The van der Waals surface area contributed by atoms with Gasteiger partial charge < -0.3 is 15.7 Å². The minimum absolute atomic E-state index is 0.224. The highest BCUT2D eigenvalue weighted by Gasteiger charge is 2.35. The smallest absolute Gasteiger partial charge is 0.326 e. The highest BCUT2D eigenvalue weighted by Crippen LogP contribution is 2.19. The Morgan fingerprint density at radius 3 is 2.62 bits per heavy atom. The van der Waals surface area contributed by atoms with E-state index in [2.05, 4.69) is 0 Å². The summed E-state index contributed by atoms with van der Waals surface area (Å²) in [5.74, 6) is -0.814. The molecule has 0 spiro atoms. The lowest BCUT2D eigenvalue weighted by Gasteiger charge is -2.25. The van der Waals surface area contributed by atoms with Gasteiger partial charge in [-0.1, -0.05) is 13.8 Å². The third-order valence-electron chi connectivity index (χ3n) is 2.86. The highest BCUT2D eigenvalue weighted by molar-refractivity contribution is 5.87. The average molecular weight is 228 g/mol. The van der Waals surface area contributed by atoms with Crippen LogP contribution in [0.1, 0.15) is 33.1 Å². The standard InChI is InChI=1S/C11H20N2O3/c1-7(2)6-8(12)10(14)13-5-3-4-9(13)11(15)16/h7-9H,3-6,12H2,1-2H3,(H,15,16)/t8?,9-/m1/s1. The molecule has 0 aromatic rings. The summed E-state index contributed by atoms with van der Waals surface area (Å²) in [7, 11) is 0. The van der Waals surface area contributed by atoms with E-state index in [9.17, 15) is 9.59 Å². The van der Waals surface area contributed by atoms with Crippen LogP contribution >= 0.6 is 0 Å². The van der Waals surface area contributed by atoms with Crippen molar-refractivity contribution in [2.24, 2.45) is 11.7 Å².